The Morgan fingerprint density at radius 1 is 1.05 bits per heavy atom. The minimum absolute atomic E-state index is 0.445. The van der Waals surface area contributed by atoms with Gasteiger partial charge in [-0.15, -0.1) is 0 Å². The molecule has 1 rings (SSSR count). The molecule has 0 spiro atoms. The molecule has 0 aliphatic rings. The second-order valence-electron chi connectivity index (χ2n) is 5.72. The van der Waals surface area contributed by atoms with E-state index in [0.29, 0.717) is 18.0 Å². The van der Waals surface area contributed by atoms with Crippen LogP contribution in [0.25, 0.3) is 0 Å². The summed E-state index contributed by atoms with van der Waals surface area (Å²) in [5.74, 6) is 2.24. The molecule has 0 fully saturated rings. The second kappa shape index (κ2) is 8.15. The van der Waals surface area contributed by atoms with E-state index in [1.165, 1.54) is 5.56 Å². The van der Waals surface area contributed by atoms with Gasteiger partial charge in [-0.2, -0.15) is 0 Å². The summed E-state index contributed by atoms with van der Waals surface area (Å²) in [6.45, 7) is 9.01. The summed E-state index contributed by atoms with van der Waals surface area (Å²) >= 11 is 0. The zero-order valence-electron chi connectivity index (χ0n) is 13.7. The fraction of sp³-hybridized carbons (Fsp3) is 0.647. The Morgan fingerprint density at radius 3 is 2.20 bits per heavy atom. The third kappa shape index (κ3) is 4.71. The Morgan fingerprint density at radius 2 is 1.70 bits per heavy atom. The highest BCUT2D eigenvalue weighted by molar-refractivity contribution is 5.43. The third-order valence-corrected chi connectivity index (χ3v) is 3.73. The predicted molar refractivity (Wildman–Crippen MR) is 84.8 cm³/mol. The molecule has 1 aromatic rings. The minimum Gasteiger partial charge on any atom is -0.493 e. The standard InChI is InChI=1S/C17H29NO2/c1-7-15(12(2)3)18-13(4)10-14-8-9-16(19-5)17(11-14)20-6/h8-9,11-13,15,18H,7,10H2,1-6H3. The van der Waals surface area contributed by atoms with Crippen molar-refractivity contribution in [2.45, 2.75) is 52.6 Å². The van der Waals surface area contributed by atoms with Gasteiger partial charge in [0.1, 0.15) is 0 Å². The molecule has 2 unspecified atom stereocenters. The molecule has 2 atom stereocenters. The van der Waals surface area contributed by atoms with Gasteiger partial charge >= 0.3 is 0 Å². The van der Waals surface area contributed by atoms with Gasteiger partial charge in [0.25, 0.3) is 0 Å². The molecular weight excluding hydrogens is 250 g/mol. The second-order valence-corrected chi connectivity index (χ2v) is 5.72. The lowest BCUT2D eigenvalue weighted by Gasteiger charge is -2.25. The third-order valence-electron chi connectivity index (χ3n) is 3.73. The SMILES string of the molecule is CCC(NC(C)Cc1ccc(OC)c(OC)c1)C(C)C. The molecule has 0 amide bonds. The quantitative estimate of drug-likeness (QED) is 0.788. The van der Waals surface area contributed by atoms with Crippen LogP contribution < -0.4 is 14.8 Å². The molecule has 0 heterocycles. The number of ether oxygens (including phenoxy) is 2. The van der Waals surface area contributed by atoms with Gasteiger partial charge in [0.15, 0.2) is 11.5 Å². The van der Waals surface area contributed by atoms with Crippen molar-refractivity contribution in [3.63, 3.8) is 0 Å². The van der Waals surface area contributed by atoms with E-state index in [1.54, 1.807) is 14.2 Å². The number of rotatable bonds is 8. The monoisotopic (exact) mass is 279 g/mol. The van der Waals surface area contributed by atoms with Crippen molar-refractivity contribution in [1.29, 1.82) is 0 Å². The van der Waals surface area contributed by atoms with E-state index in [0.717, 1.165) is 24.3 Å². The summed E-state index contributed by atoms with van der Waals surface area (Å²) in [5.41, 5.74) is 1.27. The highest BCUT2D eigenvalue weighted by Gasteiger charge is 2.14. The van der Waals surface area contributed by atoms with E-state index < -0.39 is 0 Å². The largest absolute Gasteiger partial charge is 0.493 e. The Hall–Kier alpha value is -1.22. The maximum atomic E-state index is 5.35. The van der Waals surface area contributed by atoms with Gasteiger partial charge in [-0.3, -0.25) is 0 Å². The topological polar surface area (TPSA) is 30.5 Å². The molecule has 114 valence electrons. The number of benzene rings is 1. The van der Waals surface area contributed by atoms with Gasteiger partial charge in [0, 0.05) is 12.1 Å². The average molecular weight is 279 g/mol. The maximum absolute atomic E-state index is 5.35. The van der Waals surface area contributed by atoms with Crippen LogP contribution in [0.2, 0.25) is 0 Å². The Labute approximate surface area is 123 Å². The van der Waals surface area contributed by atoms with Crippen LogP contribution in [0.4, 0.5) is 0 Å². The Balaban J connectivity index is 2.68. The van der Waals surface area contributed by atoms with E-state index in [4.69, 9.17) is 9.47 Å². The van der Waals surface area contributed by atoms with Crippen LogP contribution in [-0.2, 0) is 6.42 Å². The molecular formula is C17H29NO2. The van der Waals surface area contributed by atoms with Crippen molar-refractivity contribution in [3.8, 4) is 11.5 Å². The van der Waals surface area contributed by atoms with Crippen LogP contribution in [0.5, 0.6) is 11.5 Å². The first-order valence-corrected chi connectivity index (χ1v) is 7.48. The van der Waals surface area contributed by atoms with Crippen molar-refractivity contribution in [3.05, 3.63) is 23.8 Å². The number of hydrogen-bond acceptors (Lipinski definition) is 3. The molecule has 3 nitrogen and oxygen atoms in total. The van der Waals surface area contributed by atoms with Crippen LogP contribution in [0.1, 0.15) is 39.7 Å². The molecule has 0 aliphatic carbocycles. The van der Waals surface area contributed by atoms with Crippen LogP contribution in [-0.4, -0.2) is 26.3 Å². The zero-order valence-corrected chi connectivity index (χ0v) is 13.7. The van der Waals surface area contributed by atoms with Crippen molar-refractivity contribution in [2.24, 2.45) is 5.92 Å². The Kier molecular flexibility index (Phi) is 6.86. The summed E-state index contributed by atoms with van der Waals surface area (Å²) in [5, 5.41) is 3.71. The fourth-order valence-electron chi connectivity index (χ4n) is 2.57. The maximum Gasteiger partial charge on any atom is 0.160 e. The molecule has 20 heavy (non-hydrogen) atoms. The summed E-state index contributed by atoms with van der Waals surface area (Å²) in [6, 6.07) is 7.16. The molecule has 0 bridgehead atoms. The molecule has 3 heteroatoms. The van der Waals surface area contributed by atoms with E-state index in [-0.39, 0.29) is 0 Å². The summed E-state index contributed by atoms with van der Waals surface area (Å²) in [7, 11) is 3.34. The van der Waals surface area contributed by atoms with Crippen LogP contribution in [0, 0.1) is 5.92 Å². The Bertz CT molecular complexity index is 404. The molecule has 0 saturated heterocycles. The van der Waals surface area contributed by atoms with E-state index in [1.807, 2.05) is 6.07 Å². The lowest BCUT2D eigenvalue weighted by molar-refractivity contribution is 0.347. The van der Waals surface area contributed by atoms with E-state index in [2.05, 4.69) is 45.1 Å². The van der Waals surface area contributed by atoms with Gasteiger partial charge in [-0.05, 0) is 43.4 Å². The first-order chi connectivity index (χ1) is 9.51. The zero-order chi connectivity index (χ0) is 15.1. The van der Waals surface area contributed by atoms with Gasteiger partial charge in [-0.25, -0.2) is 0 Å². The van der Waals surface area contributed by atoms with Gasteiger partial charge in [0.05, 0.1) is 14.2 Å². The van der Waals surface area contributed by atoms with Gasteiger partial charge in [0.2, 0.25) is 0 Å². The van der Waals surface area contributed by atoms with E-state index >= 15 is 0 Å². The summed E-state index contributed by atoms with van der Waals surface area (Å²) in [6.07, 6.45) is 2.15. The predicted octanol–water partition coefficient (Wildman–Crippen LogP) is 3.66. The van der Waals surface area contributed by atoms with Gasteiger partial charge < -0.3 is 14.8 Å². The van der Waals surface area contributed by atoms with Crippen molar-refractivity contribution < 1.29 is 9.47 Å². The minimum atomic E-state index is 0.445. The van der Waals surface area contributed by atoms with Crippen molar-refractivity contribution >= 4 is 0 Å². The summed E-state index contributed by atoms with van der Waals surface area (Å²) in [4.78, 5) is 0. The fourth-order valence-corrected chi connectivity index (χ4v) is 2.57. The lowest BCUT2D eigenvalue weighted by atomic mass is 9.99. The van der Waals surface area contributed by atoms with Crippen molar-refractivity contribution in [1.82, 2.24) is 5.32 Å². The smallest absolute Gasteiger partial charge is 0.160 e. The highest BCUT2D eigenvalue weighted by Crippen LogP contribution is 2.28. The molecule has 0 radical (unpaired) electrons. The highest BCUT2D eigenvalue weighted by atomic mass is 16.5. The molecule has 1 N–H and O–H groups in total. The molecule has 1 aromatic carbocycles. The van der Waals surface area contributed by atoms with Gasteiger partial charge in [-0.1, -0.05) is 26.8 Å². The summed E-state index contributed by atoms with van der Waals surface area (Å²) < 4.78 is 10.6. The average Bonchev–Trinajstić information content (AvgIpc) is 2.44. The first kappa shape index (κ1) is 16.8. The van der Waals surface area contributed by atoms with Crippen LogP contribution >= 0.6 is 0 Å². The number of methoxy groups -OCH3 is 2. The van der Waals surface area contributed by atoms with Crippen molar-refractivity contribution in [2.75, 3.05) is 14.2 Å². The molecule has 0 aromatic heterocycles. The first-order valence-electron chi connectivity index (χ1n) is 7.48. The number of hydrogen-bond donors (Lipinski definition) is 1. The van der Waals surface area contributed by atoms with Crippen LogP contribution in [0.15, 0.2) is 18.2 Å². The normalized spacial score (nSPS) is 14.2. The van der Waals surface area contributed by atoms with E-state index in [9.17, 15) is 0 Å². The molecule has 0 saturated carbocycles. The van der Waals surface area contributed by atoms with Crippen LogP contribution in [0.3, 0.4) is 0 Å². The lowest BCUT2D eigenvalue weighted by Crippen LogP contribution is -2.40. The number of nitrogens with one attached hydrogen (secondary N) is 1. The molecule has 0 aliphatic heterocycles.